The van der Waals surface area contributed by atoms with Gasteiger partial charge in [-0.25, -0.2) is 14.6 Å². The van der Waals surface area contributed by atoms with E-state index in [1.165, 1.54) is 22.7 Å². The maximum Gasteiger partial charge on any atom is 0.414 e. The van der Waals surface area contributed by atoms with Gasteiger partial charge in [0.15, 0.2) is 17.3 Å². The Kier molecular flexibility index (Phi) is 10.7. The molecule has 0 saturated carbocycles. The van der Waals surface area contributed by atoms with Crippen LogP contribution < -0.4 is 16.2 Å². The van der Waals surface area contributed by atoms with Crippen molar-refractivity contribution in [3.8, 4) is 11.1 Å². The molecule has 14 heteroatoms. The van der Waals surface area contributed by atoms with Crippen LogP contribution >= 0.6 is 0 Å². The zero-order valence-electron chi connectivity index (χ0n) is 29.8. The van der Waals surface area contributed by atoms with Gasteiger partial charge in [-0.05, 0) is 40.3 Å². The van der Waals surface area contributed by atoms with E-state index in [9.17, 15) is 24.0 Å². The number of benzene rings is 4. The Morgan fingerprint density at radius 1 is 0.836 bits per heavy atom. The Labute approximate surface area is 315 Å². The number of H-pyrrole nitrogens is 1. The van der Waals surface area contributed by atoms with E-state index >= 15 is 0 Å². The molecule has 0 aliphatic heterocycles. The molecule has 3 amide bonds. The number of Topliss-reactive ketones (excluding diaryl/α,β-unsaturated/α-hetero) is 1. The number of imidazole rings is 1. The third-order valence-corrected chi connectivity index (χ3v) is 9.19. The minimum atomic E-state index is -0.876. The van der Waals surface area contributed by atoms with Crippen LogP contribution in [0.15, 0.2) is 120 Å². The van der Waals surface area contributed by atoms with Crippen molar-refractivity contribution < 1.29 is 28.7 Å². The van der Waals surface area contributed by atoms with Crippen LogP contribution in [-0.2, 0) is 25.6 Å². The fraction of sp³-hybridized carbons (Fsp3) is 0.195. The van der Waals surface area contributed by atoms with Gasteiger partial charge < -0.3 is 24.3 Å². The highest BCUT2D eigenvalue weighted by Crippen LogP contribution is 2.44. The largest absolute Gasteiger partial charge is 0.449 e. The van der Waals surface area contributed by atoms with Gasteiger partial charge in [0.05, 0.1) is 12.9 Å². The lowest BCUT2D eigenvalue weighted by molar-refractivity contribution is -0.135. The van der Waals surface area contributed by atoms with E-state index in [2.05, 4.69) is 37.7 Å². The van der Waals surface area contributed by atoms with E-state index in [0.29, 0.717) is 0 Å². The summed E-state index contributed by atoms with van der Waals surface area (Å²) >= 11 is 0. The van der Waals surface area contributed by atoms with Crippen molar-refractivity contribution in [2.24, 2.45) is 0 Å². The summed E-state index contributed by atoms with van der Waals surface area (Å²) in [4.78, 5) is 76.7. The number of fused-ring (bicyclic) bond motifs is 4. The number of hydrogen-bond donors (Lipinski definition) is 3. The van der Waals surface area contributed by atoms with Gasteiger partial charge in [-0.1, -0.05) is 109 Å². The van der Waals surface area contributed by atoms with Crippen LogP contribution in [0.2, 0.25) is 0 Å². The number of ketones is 1. The molecular weight excluding hydrogens is 702 g/mol. The molecule has 0 atom stereocenters. The van der Waals surface area contributed by atoms with E-state index in [1.54, 1.807) is 0 Å². The monoisotopic (exact) mass is 739 g/mol. The lowest BCUT2D eigenvalue weighted by atomic mass is 9.98. The number of carbonyl (C=O) groups is 4. The smallest absolute Gasteiger partial charge is 0.414 e. The quantitative estimate of drug-likeness (QED) is 0.140. The highest BCUT2D eigenvalue weighted by atomic mass is 16.6. The molecule has 55 heavy (non-hydrogen) atoms. The summed E-state index contributed by atoms with van der Waals surface area (Å²) < 4.78 is 12.7. The molecule has 0 spiro atoms. The number of nitrogens with one attached hydrogen (secondary N) is 3. The number of nitrogens with zero attached hydrogens (tertiary/aromatic N) is 4. The molecule has 0 bridgehead atoms. The molecule has 6 aromatic rings. The van der Waals surface area contributed by atoms with Crippen LogP contribution in [0, 0.1) is 0 Å². The van der Waals surface area contributed by atoms with Gasteiger partial charge in [0, 0.05) is 19.0 Å². The molecule has 0 saturated heterocycles. The Morgan fingerprint density at radius 2 is 1.44 bits per heavy atom. The Bertz CT molecular complexity index is 2330. The van der Waals surface area contributed by atoms with Gasteiger partial charge in [0.1, 0.15) is 18.9 Å². The van der Waals surface area contributed by atoms with Crippen molar-refractivity contribution in [3.63, 3.8) is 0 Å². The fourth-order valence-electron chi connectivity index (χ4n) is 6.69. The molecule has 0 fully saturated rings. The molecule has 1 aliphatic carbocycles. The van der Waals surface area contributed by atoms with Crippen molar-refractivity contribution in [1.82, 2.24) is 29.7 Å². The summed E-state index contributed by atoms with van der Waals surface area (Å²) in [6.45, 7) is 0.954. The molecular formula is C41H37N7O7. The van der Waals surface area contributed by atoms with E-state index in [4.69, 9.17) is 9.47 Å². The van der Waals surface area contributed by atoms with E-state index in [-0.39, 0.29) is 61.6 Å². The minimum Gasteiger partial charge on any atom is -0.449 e. The molecule has 7 rings (SSSR count). The SMILES string of the molecule is CC(=O)CN(CCNC(=O)OCC1c2ccccc2-c2ccccc21)C(=O)Cn1cnc2c(=O)[nH]c(NC(=O)OC(c3ccccc3)c3ccccc3)nc21. The summed E-state index contributed by atoms with van der Waals surface area (Å²) in [5.74, 6) is -1.09. The van der Waals surface area contributed by atoms with Crippen LogP contribution in [-0.4, -0.2) is 74.5 Å². The zero-order chi connectivity index (χ0) is 38.3. The summed E-state index contributed by atoms with van der Waals surface area (Å²) in [6, 6.07) is 34.4. The summed E-state index contributed by atoms with van der Waals surface area (Å²) in [5, 5.41) is 5.15. The summed E-state index contributed by atoms with van der Waals surface area (Å²) in [7, 11) is 0. The van der Waals surface area contributed by atoms with Crippen LogP contribution in [0.4, 0.5) is 15.5 Å². The summed E-state index contributed by atoms with van der Waals surface area (Å²) in [6.07, 6.45) is -1.00. The first-order valence-electron chi connectivity index (χ1n) is 17.6. The Balaban J connectivity index is 0.977. The van der Waals surface area contributed by atoms with Crippen molar-refractivity contribution >= 4 is 41.0 Å². The van der Waals surface area contributed by atoms with Crippen LogP contribution in [0.25, 0.3) is 22.3 Å². The number of amides is 3. The lowest BCUT2D eigenvalue weighted by Gasteiger charge is -2.22. The molecule has 0 radical (unpaired) electrons. The Morgan fingerprint density at radius 3 is 2.05 bits per heavy atom. The second-order valence-electron chi connectivity index (χ2n) is 13.0. The van der Waals surface area contributed by atoms with E-state index < -0.39 is 29.8 Å². The van der Waals surface area contributed by atoms with Gasteiger partial charge in [-0.3, -0.25) is 24.7 Å². The molecule has 4 aromatic carbocycles. The molecule has 278 valence electrons. The van der Waals surface area contributed by atoms with Crippen LogP contribution in [0.1, 0.15) is 41.2 Å². The van der Waals surface area contributed by atoms with Gasteiger partial charge in [0.2, 0.25) is 11.9 Å². The van der Waals surface area contributed by atoms with Crippen molar-refractivity contribution in [2.45, 2.75) is 25.5 Å². The van der Waals surface area contributed by atoms with Crippen molar-refractivity contribution in [3.05, 3.63) is 148 Å². The first kappa shape index (κ1) is 36.3. The highest BCUT2D eigenvalue weighted by Gasteiger charge is 2.29. The molecule has 1 aliphatic rings. The molecule has 3 N–H and O–H groups in total. The van der Waals surface area contributed by atoms with E-state index in [1.807, 2.05) is 97.1 Å². The summed E-state index contributed by atoms with van der Waals surface area (Å²) in [5.41, 5.74) is 5.18. The van der Waals surface area contributed by atoms with Gasteiger partial charge in [-0.2, -0.15) is 4.98 Å². The minimum absolute atomic E-state index is 0.00585. The molecule has 14 nitrogen and oxygen atoms in total. The number of hydrogen-bond acceptors (Lipinski definition) is 9. The van der Waals surface area contributed by atoms with Crippen molar-refractivity contribution in [2.75, 3.05) is 31.6 Å². The first-order chi connectivity index (χ1) is 26.7. The van der Waals surface area contributed by atoms with E-state index in [0.717, 1.165) is 33.4 Å². The second-order valence-corrected chi connectivity index (χ2v) is 13.0. The fourth-order valence-corrected chi connectivity index (χ4v) is 6.69. The lowest BCUT2D eigenvalue weighted by Crippen LogP contribution is -2.42. The molecule has 2 heterocycles. The number of rotatable bonds is 13. The number of aromatic nitrogens is 4. The zero-order valence-corrected chi connectivity index (χ0v) is 29.8. The van der Waals surface area contributed by atoms with Crippen molar-refractivity contribution in [1.29, 1.82) is 0 Å². The predicted molar refractivity (Wildman–Crippen MR) is 203 cm³/mol. The topological polar surface area (TPSA) is 178 Å². The maximum atomic E-state index is 13.5. The Hall–Kier alpha value is -7.09. The molecule has 0 unspecified atom stereocenters. The number of alkyl carbamates (subject to hydrolysis) is 1. The maximum absolute atomic E-state index is 13.5. The average molecular weight is 740 g/mol. The second kappa shape index (κ2) is 16.3. The third kappa shape index (κ3) is 8.28. The number of anilines is 1. The number of aromatic amines is 1. The third-order valence-electron chi connectivity index (χ3n) is 9.19. The van der Waals surface area contributed by atoms with Gasteiger partial charge in [0.25, 0.3) is 5.56 Å². The standard InChI is InChI=1S/C41H37N7O7/c1-26(49)22-47(21-20-42-40(52)54-24-33-31-18-10-8-16-29(31)30-17-9-11-19-32(30)33)34(50)23-48-25-43-35-37(48)44-39(45-38(35)51)46-41(53)55-36(27-12-4-2-5-13-27)28-14-6-3-7-15-28/h2-19,25,33,36H,20-24H2,1H3,(H,42,52)(H2,44,45,46,51,53). The predicted octanol–water partition coefficient (Wildman–Crippen LogP) is 5.41. The highest BCUT2D eigenvalue weighted by molar-refractivity contribution is 5.86. The van der Waals surface area contributed by atoms with Gasteiger partial charge in [-0.15, -0.1) is 0 Å². The van der Waals surface area contributed by atoms with Gasteiger partial charge >= 0.3 is 12.2 Å². The first-order valence-corrected chi connectivity index (χ1v) is 17.6. The number of carbonyl (C=O) groups excluding carboxylic acids is 4. The van der Waals surface area contributed by atoms with Crippen LogP contribution in [0.3, 0.4) is 0 Å². The normalized spacial score (nSPS) is 11.8. The average Bonchev–Trinajstić information content (AvgIpc) is 3.75. The number of ether oxygens (including phenoxy) is 2. The van der Waals surface area contributed by atoms with Crippen LogP contribution in [0.5, 0.6) is 0 Å². The molecule has 2 aromatic heterocycles.